The smallest absolute Gasteiger partial charge is 0.269 e. The molecule has 32 heavy (non-hydrogen) atoms. The van der Waals surface area contributed by atoms with E-state index in [1.807, 2.05) is 43.3 Å². The SMILES string of the molecule is Cc1cc2c(c(=O)n1CCc1ccccc1)C(c1ccc([N+](=O)[O-])cc1)C(C#N)=C(N)O2. The van der Waals surface area contributed by atoms with Crippen molar-refractivity contribution in [1.82, 2.24) is 4.57 Å². The minimum atomic E-state index is -0.777. The van der Waals surface area contributed by atoms with Gasteiger partial charge in [-0.15, -0.1) is 0 Å². The van der Waals surface area contributed by atoms with Gasteiger partial charge in [0, 0.05) is 30.4 Å². The predicted octanol–water partition coefficient (Wildman–Crippen LogP) is 3.53. The van der Waals surface area contributed by atoms with Crippen molar-refractivity contribution in [3.63, 3.8) is 0 Å². The fourth-order valence-electron chi connectivity index (χ4n) is 3.97. The molecule has 0 saturated heterocycles. The maximum atomic E-state index is 13.6. The highest BCUT2D eigenvalue weighted by molar-refractivity contribution is 5.56. The van der Waals surface area contributed by atoms with Crippen molar-refractivity contribution in [1.29, 1.82) is 5.26 Å². The lowest BCUT2D eigenvalue weighted by molar-refractivity contribution is -0.384. The zero-order chi connectivity index (χ0) is 22.8. The van der Waals surface area contributed by atoms with Crippen LogP contribution in [0.4, 0.5) is 5.69 Å². The van der Waals surface area contributed by atoms with E-state index < -0.39 is 10.8 Å². The van der Waals surface area contributed by atoms with Gasteiger partial charge in [-0.1, -0.05) is 42.5 Å². The Bertz CT molecular complexity index is 1320. The third-order valence-corrected chi connectivity index (χ3v) is 5.59. The molecule has 2 aromatic carbocycles. The normalized spacial score (nSPS) is 14.9. The van der Waals surface area contributed by atoms with Gasteiger partial charge in [-0.05, 0) is 24.5 Å². The number of allylic oxidation sites excluding steroid dienone is 1. The van der Waals surface area contributed by atoms with Crippen LogP contribution in [0.1, 0.15) is 28.3 Å². The van der Waals surface area contributed by atoms with Gasteiger partial charge in [-0.3, -0.25) is 14.9 Å². The molecule has 0 bridgehead atoms. The molecule has 2 heterocycles. The minimum Gasteiger partial charge on any atom is -0.440 e. The number of fused-ring (bicyclic) bond motifs is 1. The van der Waals surface area contributed by atoms with Crippen LogP contribution >= 0.6 is 0 Å². The summed E-state index contributed by atoms with van der Waals surface area (Å²) in [4.78, 5) is 24.1. The Labute approximate surface area is 183 Å². The zero-order valence-corrected chi connectivity index (χ0v) is 17.3. The second-order valence-corrected chi connectivity index (χ2v) is 7.53. The van der Waals surface area contributed by atoms with E-state index >= 15 is 0 Å². The number of nitro benzene ring substituents is 1. The van der Waals surface area contributed by atoms with Crippen LogP contribution in [0.15, 0.2) is 76.9 Å². The van der Waals surface area contributed by atoms with E-state index in [-0.39, 0.29) is 22.7 Å². The molecule has 8 heteroatoms. The first-order valence-corrected chi connectivity index (χ1v) is 10.0. The van der Waals surface area contributed by atoms with Gasteiger partial charge in [0.05, 0.1) is 16.4 Å². The summed E-state index contributed by atoms with van der Waals surface area (Å²) in [5.74, 6) is -0.562. The first-order valence-electron chi connectivity index (χ1n) is 10.0. The van der Waals surface area contributed by atoms with E-state index in [0.717, 1.165) is 5.56 Å². The number of nitrogens with two attached hydrogens (primary N) is 1. The summed E-state index contributed by atoms with van der Waals surface area (Å²) in [6, 6.07) is 19.4. The Morgan fingerprint density at radius 1 is 1.19 bits per heavy atom. The Morgan fingerprint density at radius 3 is 2.50 bits per heavy atom. The third kappa shape index (κ3) is 3.72. The van der Waals surface area contributed by atoms with E-state index in [9.17, 15) is 20.2 Å². The molecule has 1 aliphatic rings. The molecule has 0 aliphatic carbocycles. The largest absolute Gasteiger partial charge is 0.440 e. The first-order chi connectivity index (χ1) is 15.4. The van der Waals surface area contributed by atoms with Gasteiger partial charge in [0.15, 0.2) is 0 Å². The van der Waals surface area contributed by atoms with E-state index in [0.29, 0.717) is 35.5 Å². The van der Waals surface area contributed by atoms with Crippen molar-refractivity contribution in [2.45, 2.75) is 25.8 Å². The van der Waals surface area contributed by atoms with Crippen molar-refractivity contribution in [3.05, 3.63) is 115 Å². The van der Waals surface area contributed by atoms with Gasteiger partial charge in [0.2, 0.25) is 5.88 Å². The highest BCUT2D eigenvalue weighted by atomic mass is 16.6. The molecule has 4 rings (SSSR count). The fraction of sp³-hybridized carbons (Fsp3) is 0.167. The van der Waals surface area contributed by atoms with Gasteiger partial charge in [0.1, 0.15) is 17.4 Å². The highest BCUT2D eigenvalue weighted by Crippen LogP contribution is 2.40. The quantitative estimate of drug-likeness (QED) is 0.490. The molecule has 160 valence electrons. The topological polar surface area (TPSA) is 124 Å². The summed E-state index contributed by atoms with van der Waals surface area (Å²) < 4.78 is 7.30. The van der Waals surface area contributed by atoms with Gasteiger partial charge >= 0.3 is 0 Å². The van der Waals surface area contributed by atoms with Crippen molar-refractivity contribution < 1.29 is 9.66 Å². The van der Waals surface area contributed by atoms with Gasteiger partial charge in [0.25, 0.3) is 11.2 Å². The molecule has 1 atom stereocenters. The number of nitro groups is 1. The summed E-state index contributed by atoms with van der Waals surface area (Å²) in [5, 5.41) is 20.8. The lowest BCUT2D eigenvalue weighted by Gasteiger charge is -2.27. The molecule has 0 saturated carbocycles. The van der Waals surface area contributed by atoms with Gasteiger partial charge in [-0.25, -0.2) is 0 Å². The van der Waals surface area contributed by atoms with Crippen LogP contribution in [0.25, 0.3) is 0 Å². The van der Waals surface area contributed by atoms with Gasteiger partial charge < -0.3 is 15.0 Å². The average Bonchev–Trinajstić information content (AvgIpc) is 2.78. The van der Waals surface area contributed by atoms with Crippen LogP contribution in [0.2, 0.25) is 0 Å². The third-order valence-electron chi connectivity index (χ3n) is 5.59. The maximum Gasteiger partial charge on any atom is 0.269 e. The Morgan fingerprint density at radius 2 is 1.88 bits per heavy atom. The molecular formula is C24H20N4O4. The number of nitrogens with zero attached hydrogens (tertiary/aromatic N) is 3. The number of ether oxygens (including phenoxy) is 1. The molecule has 3 aromatic rings. The molecule has 1 unspecified atom stereocenters. The molecule has 0 radical (unpaired) electrons. The number of aryl methyl sites for hydroxylation is 2. The molecule has 8 nitrogen and oxygen atoms in total. The number of pyridine rings is 1. The molecular weight excluding hydrogens is 408 g/mol. The number of hydrogen-bond acceptors (Lipinski definition) is 6. The van der Waals surface area contributed by atoms with Crippen LogP contribution in [0.5, 0.6) is 5.75 Å². The van der Waals surface area contributed by atoms with E-state index in [2.05, 4.69) is 0 Å². The van der Waals surface area contributed by atoms with E-state index in [1.54, 1.807) is 10.6 Å². The summed E-state index contributed by atoms with van der Waals surface area (Å²) in [7, 11) is 0. The van der Waals surface area contributed by atoms with Crippen molar-refractivity contribution in [2.24, 2.45) is 5.73 Å². The standard InChI is InChI=1S/C24H20N4O4/c1-15-13-20-22(24(29)27(15)12-11-16-5-3-2-4-6-16)21(19(14-25)23(26)32-20)17-7-9-18(10-8-17)28(30)31/h2-10,13,21H,11-12,26H2,1H3. The summed E-state index contributed by atoms with van der Waals surface area (Å²) in [6.07, 6.45) is 0.659. The summed E-state index contributed by atoms with van der Waals surface area (Å²) >= 11 is 0. The average molecular weight is 428 g/mol. The summed E-state index contributed by atoms with van der Waals surface area (Å²) in [5.41, 5.74) is 8.39. The monoisotopic (exact) mass is 428 g/mol. The van der Waals surface area contributed by atoms with E-state index in [4.69, 9.17) is 10.5 Å². The van der Waals surface area contributed by atoms with E-state index in [1.165, 1.54) is 24.3 Å². The number of benzene rings is 2. The molecule has 0 amide bonds. The van der Waals surface area contributed by atoms with Crippen LogP contribution in [-0.2, 0) is 13.0 Å². The van der Waals surface area contributed by atoms with Crippen LogP contribution in [0, 0.1) is 28.4 Å². The summed E-state index contributed by atoms with van der Waals surface area (Å²) in [6.45, 7) is 2.27. The molecule has 0 spiro atoms. The number of rotatable bonds is 5. The van der Waals surface area contributed by atoms with Crippen LogP contribution < -0.4 is 16.0 Å². The predicted molar refractivity (Wildman–Crippen MR) is 118 cm³/mol. The number of aromatic nitrogens is 1. The molecule has 1 aromatic heterocycles. The highest BCUT2D eigenvalue weighted by Gasteiger charge is 2.34. The number of non-ortho nitro benzene ring substituents is 1. The van der Waals surface area contributed by atoms with Crippen molar-refractivity contribution in [3.8, 4) is 11.8 Å². The molecule has 1 aliphatic heterocycles. The van der Waals surface area contributed by atoms with Crippen LogP contribution in [-0.4, -0.2) is 9.49 Å². The number of nitriles is 1. The van der Waals surface area contributed by atoms with Crippen molar-refractivity contribution in [2.75, 3.05) is 0 Å². The lowest BCUT2D eigenvalue weighted by Crippen LogP contribution is -2.33. The number of hydrogen-bond donors (Lipinski definition) is 1. The molecule has 0 fully saturated rings. The van der Waals surface area contributed by atoms with Gasteiger partial charge in [-0.2, -0.15) is 5.26 Å². The Kier molecular flexibility index (Phi) is 5.48. The molecule has 2 N–H and O–H groups in total. The fourth-order valence-corrected chi connectivity index (χ4v) is 3.97. The first kappa shape index (κ1) is 20.9. The maximum absolute atomic E-state index is 13.6. The van der Waals surface area contributed by atoms with Crippen LogP contribution in [0.3, 0.4) is 0 Å². The minimum absolute atomic E-state index is 0.0795. The zero-order valence-electron chi connectivity index (χ0n) is 17.3. The Balaban J connectivity index is 1.82. The second kappa shape index (κ2) is 8.40. The van der Waals surface area contributed by atoms with Crippen molar-refractivity contribution >= 4 is 5.69 Å². The Hall–Kier alpha value is -4.38. The second-order valence-electron chi connectivity index (χ2n) is 7.53. The lowest BCUT2D eigenvalue weighted by atomic mass is 9.84.